The van der Waals surface area contributed by atoms with Gasteiger partial charge in [-0.05, 0) is 76.0 Å². The van der Waals surface area contributed by atoms with Crippen molar-refractivity contribution in [1.82, 2.24) is 0 Å². The number of carboxylic acids is 2. The predicted molar refractivity (Wildman–Crippen MR) is 87.9 cm³/mol. The molecule has 1 aromatic rings. The van der Waals surface area contributed by atoms with Gasteiger partial charge in [-0.25, -0.2) is 9.59 Å². The van der Waals surface area contributed by atoms with E-state index in [1.54, 1.807) is 12.8 Å². The van der Waals surface area contributed by atoms with Gasteiger partial charge in [0.25, 0.3) is 0 Å². The third kappa shape index (κ3) is 6.81. The van der Waals surface area contributed by atoms with Gasteiger partial charge in [0.1, 0.15) is 5.75 Å². The van der Waals surface area contributed by atoms with Crippen molar-refractivity contribution in [2.24, 2.45) is 0 Å². The summed E-state index contributed by atoms with van der Waals surface area (Å²) in [4.78, 5) is 33.5. The number of carboxylic acid groups (broad SMARTS) is 2. The van der Waals surface area contributed by atoms with Crippen LogP contribution in [0.25, 0.3) is 0 Å². The van der Waals surface area contributed by atoms with Crippen LogP contribution in [0.5, 0.6) is 5.75 Å². The van der Waals surface area contributed by atoms with Gasteiger partial charge < -0.3 is 14.9 Å². The topological polar surface area (TPSA) is 101 Å². The minimum Gasteiger partial charge on any atom is -0.478 e. The number of carbonyl (C=O) groups is 3. The van der Waals surface area contributed by atoms with Crippen LogP contribution >= 0.6 is 0 Å². The van der Waals surface area contributed by atoms with Gasteiger partial charge in [0.2, 0.25) is 0 Å². The van der Waals surface area contributed by atoms with Crippen LogP contribution in [0.3, 0.4) is 0 Å². The number of hydrogen-bond acceptors (Lipinski definition) is 4. The standard InChI is InChI=1S/C14H9O6.C5H5.Fe/c15-12(16)9-5-10(13(17)18)7-11(6-9)20-14(19)8-3-1-2-4-8;1-2-4-5-3-1;/h1-7H,(H,15,16)(H,17,18);1-5H;/q;;+2. The molecule has 0 amide bonds. The summed E-state index contributed by atoms with van der Waals surface area (Å²) in [6, 6.07) is 3.18. The molecule has 2 N–H and O–H groups in total. The van der Waals surface area contributed by atoms with E-state index in [1.165, 1.54) is 12.8 Å². The Balaban J connectivity index is 0.000000486. The average Bonchev–Trinajstić information content (AvgIpc) is 3.30. The van der Waals surface area contributed by atoms with Gasteiger partial charge in [-0.1, -0.05) is 0 Å². The van der Waals surface area contributed by atoms with Crippen molar-refractivity contribution >= 4 is 17.9 Å². The molecule has 0 atom stereocenters. The van der Waals surface area contributed by atoms with Crippen molar-refractivity contribution in [3.8, 4) is 5.75 Å². The molecule has 0 unspecified atom stereocenters. The number of hydrogen-bond donors (Lipinski definition) is 2. The maximum atomic E-state index is 11.7. The van der Waals surface area contributed by atoms with Crippen molar-refractivity contribution < 1.29 is 46.4 Å². The van der Waals surface area contributed by atoms with E-state index in [-0.39, 0.29) is 33.9 Å². The molecule has 26 heavy (non-hydrogen) atoms. The Morgan fingerprint density at radius 1 is 0.692 bits per heavy atom. The zero-order valence-electron chi connectivity index (χ0n) is 13.3. The molecule has 6 nitrogen and oxygen atoms in total. The van der Waals surface area contributed by atoms with Crippen LogP contribution < -0.4 is 4.74 Å². The molecule has 0 saturated heterocycles. The fourth-order valence-electron chi connectivity index (χ4n) is 1.90. The molecule has 1 aromatic carbocycles. The van der Waals surface area contributed by atoms with Crippen LogP contribution in [0.4, 0.5) is 0 Å². The van der Waals surface area contributed by atoms with Crippen molar-refractivity contribution in [3.05, 3.63) is 93.0 Å². The average molecular weight is 394 g/mol. The molecule has 0 bridgehead atoms. The first-order chi connectivity index (χ1) is 12.0. The Bertz CT molecular complexity index is 593. The van der Waals surface area contributed by atoms with E-state index < -0.39 is 17.9 Å². The van der Waals surface area contributed by atoms with Gasteiger partial charge in [0.05, 0.1) is 17.0 Å². The van der Waals surface area contributed by atoms with E-state index in [9.17, 15) is 14.4 Å². The van der Waals surface area contributed by atoms with Gasteiger partial charge in [0.15, 0.2) is 0 Å². The molecule has 2 saturated carbocycles. The van der Waals surface area contributed by atoms with E-state index in [1.807, 2.05) is 32.1 Å². The number of ether oxygens (including phenoxy) is 1. The molecule has 0 spiro atoms. The van der Waals surface area contributed by atoms with Crippen molar-refractivity contribution in [3.63, 3.8) is 0 Å². The maximum Gasteiger partial charge on any atom is 2.00 e. The molecule has 2 fully saturated rings. The number of esters is 1. The van der Waals surface area contributed by atoms with Crippen LogP contribution in [-0.2, 0) is 21.9 Å². The van der Waals surface area contributed by atoms with Crippen molar-refractivity contribution in [1.29, 1.82) is 0 Å². The normalized spacial score (nSPS) is 16.2. The van der Waals surface area contributed by atoms with E-state index in [4.69, 9.17) is 14.9 Å². The van der Waals surface area contributed by atoms with Crippen LogP contribution in [0.1, 0.15) is 20.7 Å². The van der Waals surface area contributed by atoms with Gasteiger partial charge in [-0.3, -0.25) is 4.79 Å². The molecule has 2 aliphatic rings. The molecule has 0 aliphatic heterocycles. The van der Waals surface area contributed by atoms with Gasteiger partial charge >= 0.3 is 35.0 Å². The second-order valence-corrected chi connectivity index (χ2v) is 4.88. The minimum atomic E-state index is -1.31. The Labute approximate surface area is 163 Å². The quantitative estimate of drug-likeness (QED) is 0.462. The van der Waals surface area contributed by atoms with Crippen LogP contribution in [0.2, 0.25) is 0 Å². The fraction of sp³-hybridized carbons (Fsp3) is 0. The van der Waals surface area contributed by atoms with E-state index in [0.717, 1.165) is 18.2 Å². The van der Waals surface area contributed by atoms with E-state index in [2.05, 4.69) is 0 Å². The van der Waals surface area contributed by atoms with E-state index in [0.29, 0.717) is 5.92 Å². The first-order valence-corrected chi connectivity index (χ1v) is 7.19. The van der Waals surface area contributed by atoms with Gasteiger partial charge in [0, 0.05) is 0 Å². The molecule has 0 aromatic heterocycles. The molecule has 3 rings (SSSR count). The Hall–Kier alpha value is -1.85. The summed E-state index contributed by atoms with van der Waals surface area (Å²) in [5.74, 6) is -3.14. The summed E-state index contributed by atoms with van der Waals surface area (Å²) in [7, 11) is 0. The molecule has 2 aliphatic carbocycles. The SMILES string of the molecule is O=C(Oc1cc(C(=O)O)cc(C(=O)O)c1)[C]1[CH][CH][CH][CH]1.[CH]1[CH][CH][CH][CH]1.[Fe+2]. The molecule has 132 valence electrons. The molecule has 10 radical (unpaired) electrons. The Kier molecular flexibility index (Phi) is 9.38. The zero-order chi connectivity index (χ0) is 18.2. The Morgan fingerprint density at radius 2 is 1.12 bits per heavy atom. The zero-order valence-corrected chi connectivity index (χ0v) is 14.4. The number of rotatable bonds is 4. The van der Waals surface area contributed by atoms with E-state index >= 15 is 0 Å². The molecular formula is C19H14FeO6+2. The molecular weight excluding hydrogens is 380 g/mol. The third-order valence-electron chi connectivity index (χ3n) is 3.06. The van der Waals surface area contributed by atoms with Crippen molar-refractivity contribution in [2.45, 2.75) is 0 Å². The van der Waals surface area contributed by atoms with Gasteiger partial charge in [-0.2, -0.15) is 0 Å². The maximum absolute atomic E-state index is 11.7. The number of carbonyl (C=O) groups excluding carboxylic acids is 1. The fourth-order valence-corrected chi connectivity index (χ4v) is 1.90. The van der Waals surface area contributed by atoms with Crippen LogP contribution in [0.15, 0.2) is 18.2 Å². The smallest absolute Gasteiger partial charge is 0.478 e. The second kappa shape index (κ2) is 11.0. The van der Waals surface area contributed by atoms with Crippen LogP contribution in [0, 0.1) is 63.7 Å². The number of aromatic carboxylic acids is 2. The minimum absolute atomic E-state index is 0. The Morgan fingerprint density at radius 3 is 1.50 bits per heavy atom. The van der Waals surface area contributed by atoms with Crippen molar-refractivity contribution in [2.75, 3.05) is 0 Å². The first kappa shape index (κ1) is 22.2. The largest absolute Gasteiger partial charge is 2.00 e. The summed E-state index contributed by atoms with van der Waals surface area (Å²) >= 11 is 0. The summed E-state index contributed by atoms with van der Waals surface area (Å²) in [5.41, 5.74) is -0.537. The molecule has 7 heteroatoms. The number of benzene rings is 1. The molecule has 0 heterocycles. The summed E-state index contributed by atoms with van der Waals surface area (Å²) in [5, 5.41) is 17.8. The monoisotopic (exact) mass is 394 g/mol. The first-order valence-electron chi connectivity index (χ1n) is 7.19. The third-order valence-corrected chi connectivity index (χ3v) is 3.06. The second-order valence-electron chi connectivity index (χ2n) is 4.88. The van der Waals surface area contributed by atoms with Crippen LogP contribution in [-0.4, -0.2) is 28.1 Å². The predicted octanol–water partition coefficient (Wildman–Crippen LogP) is 2.41. The van der Waals surface area contributed by atoms with Gasteiger partial charge in [-0.15, -0.1) is 0 Å². The summed E-state index contributed by atoms with van der Waals surface area (Å²) in [6.07, 6.45) is 16.4. The summed E-state index contributed by atoms with van der Waals surface area (Å²) in [6.45, 7) is 0. The summed E-state index contributed by atoms with van der Waals surface area (Å²) < 4.78 is 4.97.